The summed E-state index contributed by atoms with van der Waals surface area (Å²) in [5.74, 6) is 1.12. The first-order chi connectivity index (χ1) is 11.1. The number of carbonyl (C=O) groups excluding carboxylic acids is 1. The van der Waals surface area contributed by atoms with Gasteiger partial charge in [0.2, 0.25) is 0 Å². The lowest BCUT2D eigenvalue weighted by atomic mass is 10.1. The maximum absolute atomic E-state index is 11.8. The average Bonchev–Trinajstić information content (AvgIpc) is 2.59. The van der Waals surface area contributed by atoms with Crippen molar-refractivity contribution in [1.82, 2.24) is 5.43 Å². The van der Waals surface area contributed by atoms with Crippen molar-refractivity contribution in [1.29, 1.82) is 0 Å². The number of hydrazone groups is 1. The summed E-state index contributed by atoms with van der Waals surface area (Å²) in [7, 11) is 1.62. The van der Waals surface area contributed by atoms with Gasteiger partial charge in [0.15, 0.2) is 6.61 Å². The molecule has 0 saturated carbocycles. The van der Waals surface area contributed by atoms with Gasteiger partial charge in [-0.25, -0.2) is 5.43 Å². The number of methoxy groups -OCH3 is 1. The number of ether oxygens (including phenoxy) is 2. The fraction of sp³-hybridized carbons (Fsp3) is 0.222. The highest BCUT2D eigenvalue weighted by Gasteiger charge is 2.03. The largest absolute Gasteiger partial charge is 0.497 e. The molecule has 0 spiro atoms. The fourth-order valence-electron chi connectivity index (χ4n) is 1.86. The van der Waals surface area contributed by atoms with Crippen LogP contribution in [0.1, 0.15) is 18.1 Å². The van der Waals surface area contributed by atoms with Gasteiger partial charge in [-0.2, -0.15) is 5.10 Å². The quantitative estimate of drug-likeness (QED) is 0.659. The zero-order valence-electron chi connectivity index (χ0n) is 13.5. The normalized spacial score (nSPS) is 11.0. The lowest BCUT2D eigenvalue weighted by molar-refractivity contribution is -0.123. The minimum absolute atomic E-state index is 0.0809. The molecule has 2 aromatic rings. The van der Waals surface area contributed by atoms with Crippen LogP contribution >= 0.6 is 0 Å². The molecule has 0 bridgehead atoms. The highest BCUT2D eigenvalue weighted by Crippen LogP contribution is 2.12. The van der Waals surface area contributed by atoms with Crippen molar-refractivity contribution in [3.05, 3.63) is 59.7 Å². The van der Waals surface area contributed by atoms with Gasteiger partial charge in [0.25, 0.3) is 5.91 Å². The molecule has 1 amide bonds. The summed E-state index contributed by atoms with van der Waals surface area (Å²) < 4.78 is 10.5. The van der Waals surface area contributed by atoms with E-state index in [1.54, 1.807) is 7.11 Å². The predicted octanol–water partition coefficient (Wildman–Crippen LogP) is 2.92. The second kappa shape index (κ2) is 7.98. The van der Waals surface area contributed by atoms with Crippen molar-refractivity contribution in [2.45, 2.75) is 13.8 Å². The van der Waals surface area contributed by atoms with E-state index in [2.05, 4.69) is 10.5 Å². The zero-order chi connectivity index (χ0) is 16.7. The molecule has 0 radical (unpaired) electrons. The Kier molecular flexibility index (Phi) is 5.74. The third kappa shape index (κ3) is 5.14. The summed E-state index contributed by atoms with van der Waals surface area (Å²) in [6.45, 7) is 3.73. The Bertz CT molecular complexity index is 676. The predicted molar refractivity (Wildman–Crippen MR) is 90.0 cm³/mol. The lowest BCUT2D eigenvalue weighted by Crippen LogP contribution is -2.25. The Hall–Kier alpha value is -2.82. The third-order valence-electron chi connectivity index (χ3n) is 3.25. The van der Waals surface area contributed by atoms with Gasteiger partial charge < -0.3 is 9.47 Å². The number of rotatable bonds is 6. The Morgan fingerprint density at radius 1 is 1.04 bits per heavy atom. The van der Waals surface area contributed by atoms with E-state index in [1.807, 2.05) is 62.4 Å². The van der Waals surface area contributed by atoms with Crippen LogP contribution in [0.2, 0.25) is 0 Å². The number of carbonyl (C=O) groups is 1. The number of nitrogens with zero attached hydrogens (tertiary/aromatic N) is 1. The molecule has 0 saturated heterocycles. The molecule has 0 fully saturated rings. The standard InChI is InChI=1S/C18H20N2O3/c1-13-4-8-17(9-5-13)23-12-18(21)20-19-14(2)15-6-10-16(22-3)11-7-15/h4-11H,12H2,1-3H3,(H,20,21)/b19-14-. The van der Waals surface area contributed by atoms with Crippen LogP contribution in [-0.4, -0.2) is 25.3 Å². The van der Waals surface area contributed by atoms with Gasteiger partial charge in [-0.05, 0) is 55.8 Å². The van der Waals surface area contributed by atoms with Gasteiger partial charge in [0.05, 0.1) is 12.8 Å². The number of hydrogen-bond acceptors (Lipinski definition) is 4. The second-order valence-electron chi connectivity index (χ2n) is 5.06. The molecular weight excluding hydrogens is 292 g/mol. The Balaban J connectivity index is 1.85. The van der Waals surface area contributed by atoms with Gasteiger partial charge >= 0.3 is 0 Å². The molecule has 0 aromatic heterocycles. The van der Waals surface area contributed by atoms with Crippen molar-refractivity contribution in [2.75, 3.05) is 13.7 Å². The van der Waals surface area contributed by atoms with Crippen molar-refractivity contribution in [2.24, 2.45) is 5.10 Å². The van der Waals surface area contributed by atoms with Crippen LogP contribution in [0.25, 0.3) is 0 Å². The van der Waals surface area contributed by atoms with Crippen LogP contribution in [0.5, 0.6) is 11.5 Å². The summed E-state index contributed by atoms with van der Waals surface area (Å²) in [5.41, 5.74) is 5.24. The van der Waals surface area contributed by atoms with E-state index >= 15 is 0 Å². The topological polar surface area (TPSA) is 59.9 Å². The van der Waals surface area contributed by atoms with Gasteiger partial charge in [-0.3, -0.25) is 4.79 Å². The first-order valence-corrected chi connectivity index (χ1v) is 7.25. The molecule has 120 valence electrons. The summed E-state index contributed by atoms with van der Waals surface area (Å²) in [6.07, 6.45) is 0. The molecule has 0 aliphatic heterocycles. The van der Waals surface area contributed by atoms with E-state index in [1.165, 1.54) is 0 Å². The van der Waals surface area contributed by atoms with Crippen molar-refractivity contribution < 1.29 is 14.3 Å². The summed E-state index contributed by atoms with van der Waals surface area (Å²) >= 11 is 0. The molecule has 1 N–H and O–H groups in total. The van der Waals surface area contributed by atoms with Crippen LogP contribution < -0.4 is 14.9 Å². The molecular formula is C18H20N2O3. The first kappa shape index (κ1) is 16.5. The molecule has 0 unspecified atom stereocenters. The highest BCUT2D eigenvalue weighted by molar-refractivity contribution is 5.99. The van der Waals surface area contributed by atoms with E-state index < -0.39 is 0 Å². The zero-order valence-corrected chi connectivity index (χ0v) is 13.5. The average molecular weight is 312 g/mol. The molecule has 23 heavy (non-hydrogen) atoms. The molecule has 0 aliphatic rings. The monoisotopic (exact) mass is 312 g/mol. The second-order valence-corrected chi connectivity index (χ2v) is 5.06. The van der Waals surface area contributed by atoms with Crippen LogP contribution in [0.15, 0.2) is 53.6 Å². The molecule has 0 atom stereocenters. The summed E-state index contributed by atoms with van der Waals surface area (Å²) in [4.78, 5) is 11.8. The van der Waals surface area contributed by atoms with Gasteiger partial charge in [-0.1, -0.05) is 17.7 Å². The van der Waals surface area contributed by atoms with Crippen molar-refractivity contribution >= 4 is 11.6 Å². The fourth-order valence-corrected chi connectivity index (χ4v) is 1.86. The number of nitrogens with one attached hydrogen (secondary N) is 1. The van der Waals surface area contributed by atoms with E-state index in [0.29, 0.717) is 11.5 Å². The van der Waals surface area contributed by atoms with Crippen LogP contribution in [0.4, 0.5) is 0 Å². The maximum atomic E-state index is 11.8. The summed E-state index contributed by atoms with van der Waals surface area (Å²) in [6, 6.07) is 15.0. The number of hydrogen-bond donors (Lipinski definition) is 1. The Morgan fingerprint density at radius 2 is 1.65 bits per heavy atom. The minimum atomic E-state index is -0.307. The number of aryl methyl sites for hydroxylation is 1. The van der Waals surface area contributed by atoms with Gasteiger partial charge in [0.1, 0.15) is 11.5 Å². The molecule has 2 aromatic carbocycles. The Labute approximate surface area is 135 Å². The minimum Gasteiger partial charge on any atom is -0.497 e. The van der Waals surface area contributed by atoms with E-state index in [-0.39, 0.29) is 12.5 Å². The van der Waals surface area contributed by atoms with Gasteiger partial charge in [0, 0.05) is 0 Å². The van der Waals surface area contributed by atoms with Gasteiger partial charge in [-0.15, -0.1) is 0 Å². The number of benzene rings is 2. The molecule has 5 heteroatoms. The third-order valence-corrected chi connectivity index (χ3v) is 3.25. The Morgan fingerprint density at radius 3 is 2.26 bits per heavy atom. The summed E-state index contributed by atoms with van der Waals surface area (Å²) in [5, 5.41) is 4.07. The smallest absolute Gasteiger partial charge is 0.277 e. The first-order valence-electron chi connectivity index (χ1n) is 7.25. The van der Waals surface area contributed by atoms with Crippen LogP contribution in [0, 0.1) is 6.92 Å². The molecule has 2 rings (SSSR count). The van der Waals surface area contributed by atoms with E-state index in [4.69, 9.17) is 9.47 Å². The highest BCUT2D eigenvalue weighted by atomic mass is 16.5. The lowest BCUT2D eigenvalue weighted by Gasteiger charge is -2.06. The van der Waals surface area contributed by atoms with Crippen LogP contribution in [0.3, 0.4) is 0 Å². The van der Waals surface area contributed by atoms with E-state index in [0.717, 1.165) is 16.9 Å². The van der Waals surface area contributed by atoms with Crippen molar-refractivity contribution in [3.8, 4) is 11.5 Å². The molecule has 0 heterocycles. The van der Waals surface area contributed by atoms with Crippen molar-refractivity contribution in [3.63, 3.8) is 0 Å². The maximum Gasteiger partial charge on any atom is 0.277 e. The van der Waals surface area contributed by atoms with E-state index in [9.17, 15) is 4.79 Å². The molecule has 5 nitrogen and oxygen atoms in total. The SMILES string of the molecule is COc1ccc(/C(C)=N\NC(=O)COc2ccc(C)cc2)cc1. The van der Waals surface area contributed by atoms with Crippen LogP contribution in [-0.2, 0) is 4.79 Å². The molecule has 0 aliphatic carbocycles. The number of amides is 1.